The summed E-state index contributed by atoms with van der Waals surface area (Å²) in [5, 5.41) is 0. The summed E-state index contributed by atoms with van der Waals surface area (Å²) in [6.07, 6.45) is 1.42. The van der Waals surface area contributed by atoms with Crippen LogP contribution in [0.1, 0.15) is 27.2 Å². The fourth-order valence-corrected chi connectivity index (χ4v) is 3.35. The molecule has 5 heteroatoms. The number of hydrogen-bond acceptors (Lipinski definition) is 4. The van der Waals surface area contributed by atoms with Gasteiger partial charge in [0.15, 0.2) is 0 Å². The Morgan fingerprint density at radius 1 is 1.20 bits per heavy atom. The number of nitrogens with two attached hydrogens (primary N) is 1. The lowest BCUT2D eigenvalue weighted by Crippen LogP contribution is -2.52. The van der Waals surface area contributed by atoms with Gasteiger partial charge in [-0.25, -0.2) is 0 Å². The van der Waals surface area contributed by atoms with Crippen LogP contribution in [0.3, 0.4) is 0 Å². The number of likely N-dealkylation sites (tertiary alicyclic amines) is 1. The van der Waals surface area contributed by atoms with E-state index < -0.39 is 0 Å². The molecule has 0 aromatic heterocycles. The third kappa shape index (κ3) is 3.93. The Kier molecular flexibility index (Phi) is 5.41. The maximum Gasteiger partial charge on any atom is 0.236 e. The summed E-state index contributed by atoms with van der Waals surface area (Å²) in [5.41, 5.74) is 5.83. The van der Waals surface area contributed by atoms with Gasteiger partial charge in [0.1, 0.15) is 0 Å². The summed E-state index contributed by atoms with van der Waals surface area (Å²) in [5.74, 6) is 1.44. The normalized spacial score (nSPS) is 36.1. The van der Waals surface area contributed by atoms with Gasteiger partial charge in [0.05, 0.1) is 18.8 Å². The molecule has 0 aromatic carbocycles. The molecule has 4 atom stereocenters. The second-order valence-corrected chi connectivity index (χ2v) is 6.55. The second kappa shape index (κ2) is 6.87. The van der Waals surface area contributed by atoms with Gasteiger partial charge in [-0.15, -0.1) is 0 Å². The Balaban J connectivity index is 1.85. The minimum atomic E-state index is 0.140. The molecule has 2 heterocycles. The van der Waals surface area contributed by atoms with E-state index in [1.807, 2.05) is 18.7 Å². The van der Waals surface area contributed by atoms with Crippen LogP contribution in [0.15, 0.2) is 0 Å². The van der Waals surface area contributed by atoms with Crippen LogP contribution in [-0.2, 0) is 9.53 Å². The highest BCUT2D eigenvalue weighted by Crippen LogP contribution is 2.22. The zero-order valence-electron chi connectivity index (χ0n) is 13.0. The van der Waals surface area contributed by atoms with Crippen molar-refractivity contribution in [3.8, 4) is 0 Å². The van der Waals surface area contributed by atoms with E-state index in [2.05, 4.69) is 11.8 Å². The third-order valence-electron chi connectivity index (χ3n) is 4.63. The van der Waals surface area contributed by atoms with Gasteiger partial charge < -0.3 is 15.4 Å². The highest BCUT2D eigenvalue weighted by molar-refractivity contribution is 5.78. The summed E-state index contributed by atoms with van der Waals surface area (Å²) in [7, 11) is 0. The van der Waals surface area contributed by atoms with Crippen LogP contribution in [0.5, 0.6) is 0 Å². The molecule has 5 nitrogen and oxygen atoms in total. The molecule has 0 aromatic rings. The van der Waals surface area contributed by atoms with Crippen molar-refractivity contribution in [3.05, 3.63) is 0 Å². The lowest BCUT2D eigenvalue weighted by Gasteiger charge is -2.39. The predicted molar refractivity (Wildman–Crippen MR) is 79.4 cm³/mol. The first-order valence-corrected chi connectivity index (χ1v) is 7.85. The molecule has 0 saturated carbocycles. The fourth-order valence-electron chi connectivity index (χ4n) is 3.35. The standard InChI is InChI=1S/C15H29N3O2/c1-11-4-5-17(9-14(11)6-16)10-15(19)18-7-12(2)20-13(3)8-18/h11-14H,4-10,16H2,1-3H3. The molecule has 2 aliphatic heterocycles. The van der Waals surface area contributed by atoms with E-state index >= 15 is 0 Å². The molecular formula is C15H29N3O2. The number of morpholine rings is 1. The first-order chi connectivity index (χ1) is 9.49. The Labute approximate surface area is 122 Å². The average Bonchev–Trinajstić information content (AvgIpc) is 2.39. The topological polar surface area (TPSA) is 58.8 Å². The molecule has 2 fully saturated rings. The van der Waals surface area contributed by atoms with Crippen molar-refractivity contribution in [3.63, 3.8) is 0 Å². The van der Waals surface area contributed by atoms with E-state index in [1.165, 1.54) is 0 Å². The highest BCUT2D eigenvalue weighted by atomic mass is 16.5. The van der Waals surface area contributed by atoms with E-state index in [-0.39, 0.29) is 18.1 Å². The van der Waals surface area contributed by atoms with Gasteiger partial charge >= 0.3 is 0 Å². The van der Waals surface area contributed by atoms with Crippen LogP contribution in [0, 0.1) is 11.8 Å². The smallest absolute Gasteiger partial charge is 0.236 e. The fraction of sp³-hybridized carbons (Fsp3) is 0.933. The Morgan fingerprint density at radius 3 is 2.45 bits per heavy atom. The second-order valence-electron chi connectivity index (χ2n) is 6.55. The quantitative estimate of drug-likeness (QED) is 0.821. The minimum absolute atomic E-state index is 0.140. The lowest BCUT2D eigenvalue weighted by atomic mass is 9.87. The Morgan fingerprint density at radius 2 is 1.85 bits per heavy atom. The maximum absolute atomic E-state index is 12.4. The number of amides is 1. The molecule has 2 rings (SSSR count). The van der Waals surface area contributed by atoms with Crippen LogP contribution in [-0.4, -0.2) is 67.2 Å². The van der Waals surface area contributed by atoms with E-state index in [0.717, 1.165) is 26.1 Å². The number of piperidine rings is 1. The van der Waals surface area contributed by atoms with Gasteiger partial charge in [0.2, 0.25) is 5.91 Å². The molecule has 20 heavy (non-hydrogen) atoms. The van der Waals surface area contributed by atoms with Crippen LogP contribution in [0.25, 0.3) is 0 Å². The van der Waals surface area contributed by atoms with Crippen LogP contribution in [0.4, 0.5) is 0 Å². The van der Waals surface area contributed by atoms with Crippen LogP contribution < -0.4 is 5.73 Å². The first kappa shape index (κ1) is 15.7. The molecule has 2 N–H and O–H groups in total. The molecule has 4 unspecified atom stereocenters. The molecule has 0 spiro atoms. The van der Waals surface area contributed by atoms with E-state index in [0.29, 0.717) is 31.5 Å². The van der Waals surface area contributed by atoms with Crippen molar-refractivity contribution in [1.82, 2.24) is 9.80 Å². The number of rotatable bonds is 3. The van der Waals surface area contributed by atoms with E-state index in [1.54, 1.807) is 0 Å². The summed E-state index contributed by atoms with van der Waals surface area (Å²) < 4.78 is 5.68. The maximum atomic E-state index is 12.4. The van der Waals surface area contributed by atoms with Crippen LogP contribution in [0.2, 0.25) is 0 Å². The SMILES string of the molecule is CC1CN(C(=O)CN2CCC(C)C(CN)C2)CC(C)O1. The highest BCUT2D eigenvalue weighted by Gasteiger charge is 2.30. The molecule has 1 amide bonds. The summed E-state index contributed by atoms with van der Waals surface area (Å²) in [4.78, 5) is 16.7. The number of carbonyl (C=O) groups excluding carboxylic acids is 1. The lowest BCUT2D eigenvalue weighted by molar-refractivity contribution is -0.144. The largest absolute Gasteiger partial charge is 0.372 e. The van der Waals surface area contributed by atoms with E-state index in [9.17, 15) is 4.79 Å². The molecule has 2 aliphatic rings. The summed E-state index contributed by atoms with van der Waals surface area (Å²) in [6.45, 7) is 11.0. The number of nitrogens with zero attached hydrogens (tertiary/aromatic N) is 2. The van der Waals surface area contributed by atoms with Gasteiger partial charge in [-0.2, -0.15) is 0 Å². The molecule has 0 bridgehead atoms. The molecule has 2 saturated heterocycles. The summed E-state index contributed by atoms with van der Waals surface area (Å²) >= 11 is 0. The summed E-state index contributed by atoms with van der Waals surface area (Å²) in [6, 6.07) is 0. The van der Waals surface area contributed by atoms with Crippen molar-refractivity contribution in [1.29, 1.82) is 0 Å². The van der Waals surface area contributed by atoms with Crippen LogP contribution >= 0.6 is 0 Å². The third-order valence-corrected chi connectivity index (χ3v) is 4.63. The number of ether oxygens (including phenoxy) is 1. The van der Waals surface area contributed by atoms with Crippen molar-refractivity contribution in [2.24, 2.45) is 17.6 Å². The number of hydrogen-bond donors (Lipinski definition) is 1. The van der Waals surface area contributed by atoms with Gasteiger partial charge in [-0.3, -0.25) is 9.69 Å². The molecule has 0 aliphatic carbocycles. The van der Waals surface area contributed by atoms with Crippen molar-refractivity contribution in [2.75, 3.05) is 39.3 Å². The van der Waals surface area contributed by atoms with Gasteiger partial charge in [0.25, 0.3) is 0 Å². The monoisotopic (exact) mass is 283 g/mol. The van der Waals surface area contributed by atoms with Crippen molar-refractivity contribution in [2.45, 2.75) is 39.4 Å². The van der Waals surface area contributed by atoms with Crippen molar-refractivity contribution >= 4 is 5.91 Å². The molecular weight excluding hydrogens is 254 g/mol. The van der Waals surface area contributed by atoms with Gasteiger partial charge in [-0.05, 0) is 45.2 Å². The van der Waals surface area contributed by atoms with E-state index in [4.69, 9.17) is 10.5 Å². The van der Waals surface area contributed by atoms with Gasteiger partial charge in [0, 0.05) is 19.6 Å². The zero-order chi connectivity index (χ0) is 14.7. The molecule has 116 valence electrons. The van der Waals surface area contributed by atoms with Gasteiger partial charge in [-0.1, -0.05) is 6.92 Å². The molecule has 0 radical (unpaired) electrons. The zero-order valence-corrected chi connectivity index (χ0v) is 13.0. The Hall–Kier alpha value is -0.650. The minimum Gasteiger partial charge on any atom is -0.372 e. The van der Waals surface area contributed by atoms with Crippen molar-refractivity contribution < 1.29 is 9.53 Å². The first-order valence-electron chi connectivity index (χ1n) is 7.85. The predicted octanol–water partition coefficient (Wildman–Crippen LogP) is 0.539. The number of carbonyl (C=O) groups is 1. The average molecular weight is 283 g/mol. The Bertz CT molecular complexity index is 327.